The lowest BCUT2D eigenvalue weighted by Crippen LogP contribution is -2.34. The second-order valence-corrected chi connectivity index (χ2v) is 5.21. The van der Waals surface area contributed by atoms with Crippen LogP contribution < -0.4 is 0 Å². The SMILES string of the molecule is CCOC1(Br)C=CC(c2ccccc2F)=CC1F. The first-order chi connectivity index (χ1) is 8.57. The summed E-state index contributed by atoms with van der Waals surface area (Å²) in [6, 6.07) is 6.31. The number of hydrogen-bond acceptors (Lipinski definition) is 1. The van der Waals surface area contributed by atoms with Gasteiger partial charge in [0, 0.05) is 12.2 Å². The highest BCUT2D eigenvalue weighted by molar-refractivity contribution is 9.10. The lowest BCUT2D eigenvalue weighted by molar-refractivity contribution is 0.0312. The van der Waals surface area contributed by atoms with Crippen molar-refractivity contribution in [2.24, 2.45) is 0 Å². The molecule has 4 heteroatoms. The van der Waals surface area contributed by atoms with Crippen molar-refractivity contribution in [2.45, 2.75) is 17.6 Å². The number of halogens is 3. The number of rotatable bonds is 3. The Balaban J connectivity index is 2.30. The number of hydrogen-bond donors (Lipinski definition) is 0. The minimum atomic E-state index is -1.36. The van der Waals surface area contributed by atoms with Gasteiger partial charge in [0.05, 0.1) is 0 Å². The van der Waals surface area contributed by atoms with Gasteiger partial charge in [0.15, 0.2) is 10.7 Å². The van der Waals surface area contributed by atoms with Gasteiger partial charge in [-0.3, -0.25) is 0 Å². The van der Waals surface area contributed by atoms with Crippen molar-refractivity contribution in [3.05, 3.63) is 53.9 Å². The molecule has 1 aliphatic carbocycles. The van der Waals surface area contributed by atoms with Crippen LogP contribution in [0.2, 0.25) is 0 Å². The van der Waals surface area contributed by atoms with E-state index in [9.17, 15) is 8.78 Å². The highest BCUT2D eigenvalue weighted by atomic mass is 79.9. The van der Waals surface area contributed by atoms with Crippen LogP contribution in [-0.2, 0) is 4.74 Å². The molecule has 1 aliphatic rings. The lowest BCUT2D eigenvalue weighted by atomic mass is 9.97. The molecule has 0 N–H and O–H groups in total. The quantitative estimate of drug-likeness (QED) is 0.758. The van der Waals surface area contributed by atoms with Crippen LogP contribution >= 0.6 is 15.9 Å². The fourth-order valence-electron chi connectivity index (χ4n) is 1.85. The van der Waals surface area contributed by atoms with Crippen molar-refractivity contribution in [3.8, 4) is 0 Å². The fourth-order valence-corrected chi connectivity index (χ4v) is 2.34. The van der Waals surface area contributed by atoms with Gasteiger partial charge in [-0.1, -0.05) is 24.3 Å². The maximum Gasteiger partial charge on any atom is 0.176 e. The molecular formula is C14H13BrF2O. The van der Waals surface area contributed by atoms with Gasteiger partial charge in [0.2, 0.25) is 0 Å². The zero-order valence-electron chi connectivity index (χ0n) is 9.87. The van der Waals surface area contributed by atoms with E-state index < -0.39 is 10.7 Å². The molecule has 0 fully saturated rings. The molecule has 0 aliphatic heterocycles. The van der Waals surface area contributed by atoms with Gasteiger partial charge < -0.3 is 4.74 Å². The summed E-state index contributed by atoms with van der Waals surface area (Å²) in [5.74, 6) is -0.362. The van der Waals surface area contributed by atoms with Gasteiger partial charge in [0.1, 0.15) is 5.82 Å². The Morgan fingerprint density at radius 1 is 1.39 bits per heavy atom. The number of benzene rings is 1. The van der Waals surface area contributed by atoms with Gasteiger partial charge in [-0.2, -0.15) is 0 Å². The van der Waals surface area contributed by atoms with Crippen molar-refractivity contribution in [1.29, 1.82) is 0 Å². The summed E-state index contributed by atoms with van der Waals surface area (Å²) in [6.07, 6.45) is 3.24. The number of ether oxygens (including phenoxy) is 1. The van der Waals surface area contributed by atoms with E-state index in [4.69, 9.17) is 4.74 Å². The third-order valence-electron chi connectivity index (χ3n) is 2.74. The van der Waals surface area contributed by atoms with Crippen LogP contribution in [0.25, 0.3) is 5.57 Å². The molecule has 0 amide bonds. The molecule has 0 heterocycles. The lowest BCUT2D eigenvalue weighted by Gasteiger charge is -2.29. The molecule has 0 radical (unpaired) electrons. The summed E-state index contributed by atoms with van der Waals surface area (Å²) in [4.78, 5) is 0. The smallest absolute Gasteiger partial charge is 0.176 e. The normalized spacial score (nSPS) is 27.1. The summed E-state index contributed by atoms with van der Waals surface area (Å²) >= 11 is 3.22. The van der Waals surface area contributed by atoms with Crippen LogP contribution in [0.4, 0.5) is 8.78 Å². The average Bonchev–Trinajstić information content (AvgIpc) is 2.34. The van der Waals surface area contributed by atoms with Gasteiger partial charge >= 0.3 is 0 Å². The minimum absolute atomic E-state index is 0.362. The highest BCUT2D eigenvalue weighted by Gasteiger charge is 2.36. The van der Waals surface area contributed by atoms with Crippen molar-refractivity contribution < 1.29 is 13.5 Å². The monoisotopic (exact) mass is 314 g/mol. The molecule has 18 heavy (non-hydrogen) atoms. The molecule has 2 rings (SSSR count). The van der Waals surface area contributed by atoms with Crippen LogP contribution in [0.5, 0.6) is 0 Å². The average molecular weight is 315 g/mol. The highest BCUT2D eigenvalue weighted by Crippen LogP contribution is 2.36. The summed E-state index contributed by atoms with van der Waals surface area (Å²) in [6.45, 7) is 2.18. The largest absolute Gasteiger partial charge is 0.357 e. The molecule has 0 saturated heterocycles. The van der Waals surface area contributed by atoms with E-state index in [0.29, 0.717) is 17.7 Å². The first kappa shape index (κ1) is 13.4. The standard InChI is InChI=1S/C14H13BrF2O/c1-2-18-14(15)8-7-10(9-13(14)17)11-5-3-4-6-12(11)16/h3-9,13H,2H2,1H3. The Morgan fingerprint density at radius 3 is 2.72 bits per heavy atom. The maximum absolute atomic E-state index is 14.1. The molecule has 1 nitrogen and oxygen atoms in total. The van der Waals surface area contributed by atoms with Crippen molar-refractivity contribution in [3.63, 3.8) is 0 Å². The van der Waals surface area contributed by atoms with Crippen molar-refractivity contribution >= 4 is 21.5 Å². The molecule has 0 spiro atoms. The predicted molar refractivity (Wildman–Crippen MR) is 71.7 cm³/mol. The number of alkyl halides is 2. The Kier molecular flexibility index (Phi) is 3.97. The molecule has 1 aromatic carbocycles. The van der Waals surface area contributed by atoms with Crippen molar-refractivity contribution in [1.82, 2.24) is 0 Å². The molecule has 96 valence electrons. The molecule has 1 aromatic rings. The summed E-state index contributed by atoms with van der Waals surface area (Å²) in [5, 5.41) is 0. The van der Waals surface area contributed by atoms with Crippen LogP contribution in [0.3, 0.4) is 0 Å². The third-order valence-corrected chi connectivity index (χ3v) is 3.67. The van der Waals surface area contributed by atoms with E-state index in [1.54, 1.807) is 37.3 Å². The molecule has 0 bridgehead atoms. The first-order valence-corrected chi connectivity index (χ1v) is 6.49. The maximum atomic E-state index is 14.1. The van der Waals surface area contributed by atoms with Crippen LogP contribution in [0.15, 0.2) is 42.5 Å². The van der Waals surface area contributed by atoms with E-state index in [1.807, 2.05) is 0 Å². The molecular weight excluding hydrogens is 302 g/mol. The van der Waals surface area contributed by atoms with Gasteiger partial charge in [-0.05, 0) is 46.6 Å². The zero-order chi connectivity index (χ0) is 13.2. The van der Waals surface area contributed by atoms with E-state index in [-0.39, 0.29) is 5.82 Å². The Morgan fingerprint density at radius 2 is 2.11 bits per heavy atom. The molecule has 0 saturated carbocycles. The Labute approximate surface area is 113 Å². The first-order valence-electron chi connectivity index (χ1n) is 5.69. The third kappa shape index (κ3) is 2.54. The topological polar surface area (TPSA) is 9.23 Å². The summed E-state index contributed by atoms with van der Waals surface area (Å²) in [7, 11) is 0. The van der Waals surface area contributed by atoms with Crippen LogP contribution in [0.1, 0.15) is 12.5 Å². The minimum Gasteiger partial charge on any atom is -0.357 e. The van der Waals surface area contributed by atoms with E-state index in [0.717, 1.165) is 0 Å². The fraction of sp³-hybridized carbons (Fsp3) is 0.286. The van der Waals surface area contributed by atoms with Gasteiger partial charge in [-0.15, -0.1) is 0 Å². The van der Waals surface area contributed by atoms with Gasteiger partial charge in [-0.25, -0.2) is 8.78 Å². The molecule has 0 aromatic heterocycles. The van der Waals surface area contributed by atoms with Crippen LogP contribution in [-0.4, -0.2) is 17.3 Å². The van der Waals surface area contributed by atoms with E-state index in [1.165, 1.54) is 12.1 Å². The Hall–Kier alpha value is -1.00. The van der Waals surface area contributed by atoms with E-state index >= 15 is 0 Å². The summed E-state index contributed by atoms with van der Waals surface area (Å²) < 4.78 is 31.8. The summed E-state index contributed by atoms with van der Waals surface area (Å²) in [5.41, 5.74) is 0.915. The van der Waals surface area contributed by atoms with Gasteiger partial charge in [0.25, 0.3) is 0 Å². The Bertz CT molecular complexity index is 498. The number of allylic oxidation sites excluding steroid dienone is 2. The molecule has 2 atom stereocenters. The molecule has 2 unspecified atom stereocenters. The van der Waals surface area contributed by atoms with Crippen molar-refractivity contribution in [2.75, 3.05) is 6.61 Å². The van der Waals surface area contributed by atoms with Crippen LogP contribution in [0, 0.1) is 5.82 Å². The second-order valence-electron chi connectivity index (χ2n) is 3.97. The zero-order valence-corrected chi connectivity index (χ0v) is 11.5. The van der Waals surface area contributed by atoms with E-state index in [2.05, 4.69) is 15.9 Å². The second kappa shape index (κ2) is 5.33. The predicted octanol–water partition coefficient (Wildman–Crippen LogP) is 4.24.